The van der Waals surface area contributed by atoms with E-state index in [0.29, 0.717) is 7.11 Å². The number of carbonyl (C=O) groups is 2. The van der Waals surface area contributed by atoms with E-state index < -0.39 is 29.0 Å². The van der Waals surface area contributed by atoms with Crippen LogP contribution in [0, 0.1) is 0 Å². The summed E-state index contributed by atoms with van der Waals surface area (Å²) in [4.78, 5) is 23.2. The molecule has 0 radical (unpaired) electrons. The zero-order valence-corrected chi connectivity index (χ0v) is 13.5. The fourth-order valence-corrected chi connectivity index (χ4v) is 2.22. The molecule has 2 N–H and O–H groups in total. The Labute approximate surface area is 143 Å². The third kappa shape index (κ3) is 4.00. The normalized spacial score (nSPS) is 15.5. The first-order valence-electron chi connectivity index (χ1n) is 5.72. The van der Waals surface area contributed by atoms with Crippen molar-refractivity contribution in [3.8, 4) is 0 Å². The van der Waals surface area contributed by atoms with Gasteiger partial charge in [-0.2, -0.15) is 13.2 Å². The van der Waals surface area contributed by atoms with Gasteiger partial charge in [-0.3, -0.25) is 4.79 Å². The number of esters is 1. The highest BCUT2D eigenvalue weighted by Gasteiger charge is 2.67. The summed E-state index contributed by atoms with van der Waals surface area (Å²) in [5.41, 5.74) is -4.34. The van der Waals surface area contributed by atoms with E-state index in [1.54, 1.807) is 0 Å². The highest BCUT2D eigenvalue weighted by molar-refractivity contribution is 6.38. The minimum absolute atomic E-state index is 0.0802. The standard InChI is InChI=1S/C12H9Cl3F3NO4/c1-23-10(21)11(22,12(16,17)18)8(15)9(20)19-7-3-2-5(13)4-6(7)14/h2-4,8,22H,1H3,(H,19,20)/t8-,11+/m0/s1. The lowest BCUT2D eigenvalue weighted by Gasteiger charge is -2.30. The van der Waals surface area contributed by atoms with Crippen LogP contribution in [0.3, 0.4) is 0 Å². The average molecular weight is 395 g/mol. The molecule has 0 saturated carbocycles. The van der Waals surface area contributed by atoms with Crippen molar-refractivity contribution in [2.24, 2.45) is 0 Å². The van der Waals surface area contributed by atoms with Crippen molar-refractivity contribution in [2.45, 2.75) is 17.2 Å². The van der Waals surface area contributed by atoms with Crippen molar-refractivity contribution in [3.63, 3.8) is 0 Å². The number of nitrogens with one attached hydrogen (secondary N) is 1. The lowest BCUT2D eigenvalue weighted by molar-refractivity contribution is -0.260. The van der Waals surface area contributed by atoms with Crippen LogP contribution in [0.15, 0.2) is 18.2 Å². The quantitative estimate of drug-likeness (QED) is 0.608. The molecule has 1 rings (SSSR count). The molecule has 0 saturated heterocycles. The molecule has 0 aromatic heterocycles. The third-order valence-electron chi connectivity index (χ3n) is 2.71. The molecule has 0 unspecified atom stereocenters. The van der Waals surface area contributed by atoms with E-state index in [4.69, 9.17) is 34.8 Å². The van der Waals surface area contributed by atoms with Crippen molar-refractivity contribution in [3.05, 3.63) is 28.2 Å². The van der Waals surface area contributed by atoms with Crippen LogP contribution in [0.2, 0.25) is 10.0 Å². The summed E-state index contributed by atoms with van der Waals surface area (Å²) < 4.78 is 42.8. The number of alkyl halides is 4. The van der Waals surface area contributed by atoms with Gasteiger partial charge in [-0.25, -0.2) is 4.79 Å². The Morgan fingerprint density at radius 2 is 1.87 bits per heavy atom. The van der Waals surface area contributed by atoms with Crippen LogP contribution in [-0.4, -0.2) is 41.2 Å². The van der Waals surface area contributed by atoms with Gasteiger partial charge >= 0.3 is 12.1 Å². The number of amides is 1. The first-order chi connectivity index (χ1) is 10.4. The Morgan fingerprint density at radius 1 is 1.30 bits per heavy atom. The number of halogens is 6. The molecule has 2 atom stereocenters. The van der Waals surface area contributed by atoms with Gasteiger partial charge in [0.2, 0.25) is 5.91 Å². The molecule has 23 heavy (non-hydrogen) atoms. The number of aliphatic hydroxyl groups is 1. The molecule has 0 spiro atoms. The number of anilines is 1. The Hall–Kier alpha value is -1.22. The van der Waals surface area contributed by atoms with Gasteiger partial charge in [0.05, 0.1) is 17.8 Å². The molecular weight excluding hydrogens is 385 g/mol. The molecule has 1 aromatic carbocycles. The largest absolute Gasteiger partial charge is 0.467 e. The molecule has 11 heteroatoms. The lowest BCUT2D eigenvalue weighted by atomic mass is 9.98. The maximum absolute atomic E-state index is 13.0. The van der Waals surface area contributed by atoms with Gasteiger partial charge in [0.15, 0.2) is 5.38 Å². The highest BCUT2D eigenvalue weighted by atomic mass is 35.5. The van der Waals surface area contributed by atoms with E-state index >= 15 is 0 Å². The van der Waals surface area contributed by atoms with Crippen molar-refractivity contribution < 1.29 is 32.6 Å². The molecule has 0 aliphatic rings. The summed E-state index contributed by atoms with van der Waals surface area (Å²) in [5.74, 6) is -3.64. The van der Waals surface area contributed by atoms with E-state index in [0.717, 1.165) is 0 Å². The Bertz CT molecular complexity index is 626. The van der Waals surface area contributed by atoms with Gasteiger partial charge < -0.3 is 15.2 Å². The Morgan fingerprint density at radius 3 is 2.30 bits per heavy atom. The molecule has 1 aromatic rings. The van der Waals surface area contributed by atoms with E-state index in [-0.39, 0.29) is 15.7 Å². The molecule has 5 nitrogen and oxygen atoms in total. The summed E-state index contributed by atoms with van der Waals surface area (Å²) in [6.45, 7) is 0. The molecular formula is C12H9Cl3F3NO4. The van der Waals surface area contributed by atoms with Crippen LogP contribution >= 0.6 is 34.8 Å². The molecule has 0 fully saturated rings. The van der Waals surface area contributed by atoms with Crippen LogP contribution in [-0.2, 0) is 14.3 Å². The number of benzene rings is 1. The van der Waals surface area contributed by atoms with E-state index in [1.807, 2.05) is 5.32 Å². The number of ether oxygens (including phenoxy) is 1. The molecule has 0 heterocycles. The minimum atomic E-state index is -5.55. The predicted octanol–water partition coefficient (Wildman–Crippen LogP) is 3.01. The second-order valence-electron chi connectivity index (χ2n) is 4.23. The smallest absolute Gasteiger partial charge is 0.430 e. The lowest BCUT2D eigenvalue weighted by Crippen LogP contribution is -2.62. The van der Waals surface area contributed by atoms with Gasteiger partial charge in [0.25, 0.3) is 5.60 Å². The van der Waals surface area contributed by atoms with Crippen LogP contribution in [0.25, 0.3) is 0 Å². The van der Waals surface area contributed by atoms with E-state index in [1.165, 1.54) is 18.2 Å². The first kappa shape index (κ1) is 19.8. The number of hydrogen-bond donors (Lipinski definition) is 2. The monoisotopic (exact) mass is 393 g/mol. The number of methoxy groups -OCH3 is 1. The van der Waals surface area contributed by atoms with Crippen molar-refractivity contribution >= 4 is 52.4 Å². The highest BCUT2D eigenvalue weighted by Crippen LogP contribution is 2.37. The fourth-order valence-electron chi connectivity index (χ4n) is 1.50. The SMILES string of the molecule is COC(=O)[C@](O)([C@@H](Cl)C(=O)Nc1ccc(Cl)cc1Cl)C(F)(F)F. The Kier molecular flexibility index (Phi) is 6.14. The van der Waals surface area contributed by atoms with E-state index in [2.05, 4.69) is 4.74 Å². The summed E-state index contributed by atoms with van der Waals surface area (Å²) in [5, 5.41) is 8.98. The van der Waals surface area contributed by atoms with Crippen LogP contribution < -0.4 is 5.32 Å². The van der Waals surface area contributed by atoms with Crippen LogP contribution in [0.1, 0.15) is 0 Å². The number of hydrogen-bond acceptors (Lipinski definition) is 4. The second-order valence-corrected chi connectivity index (χ2v) is 5.51. The second kappa shape index (κ2) is 7.12. The summed E-state index contributed by atoms with van der Waals surface area (Å²) in [6, 6.07) is 3.73. The topological polar surface area (TPSA) is 75.6 Å². The van der Waals surface area contributed by atoms with Gasteiger partial charge in [0, 0.05) is 5.02 Å². The van der Waals surface area contributed by atoms with Crippen molar-refractivity contribution in [2.75, 3.05) is 12.4 Å². The molecule has 0 aliphatic heterocycles. The van der Waals surface area contributed by atoms with Crippen LogP contribution in [0.4, 0.5) is 18.9 Å². The van der Waals surface area contributed by atoms with Gasteiger partial charge in [-0.15, -0.1) is 11.6 Å². The van der Waals surface area contributed by atoms with Gasteiger partial charge in [-0.05, 0) is 18.2 Å². The predicted molar refractivity (Wildman–Crippen MR) is 77.8 cm³/mol. The van der Waals surface area contributed by atoms with Gasteiger partial charge in [0.1, 0.15) is 0 Å². The molecule has 0 bridgehead atoms. The maximum atomic E-state index is 13.0. The maximum Gasteiger partial charge on any atom is 0.430 e. The minimum Gasteiger partial charge on any atom is -0.467 e. The van der Waals surface area contributed by atoms with Crippen molar-refractivity contribution in [1.29, 1.82) is 0 Å². The zero-order chi connectivity index (χ0) is 18.0. The average Bonchev–Trinajstić information content (AvgIpc) is 2.46. The van der Waals surface area contributed by atoms with Gasteiger partial charge in [-0.1, -0.05) is 23.2 Å². The fraction of sp³-hybridized carbons (Fsp3) is 0.333. The summed E-state index contributed by atoms with van der Waals surface area (Å²) >= 11 is 16.8. The molecule has 1 amide bonds. The van der Waals surface area contributed by atoms with Crippen LogP contribution in [0.5, 0.6) is 0 Å². The summed E-state index contributed by atoms with van der Waals surface area (Å²) in [6.07, 6.45) is -5.55. The number of carbonyl (C=O) groups excluding carboxylic acids is 2. The van der Waals surface area contributed by atoms with Crippen molar-refractivity contribution in [1.82, 2.24) is 0 Å². The Balaban J connectivity index is 3.12. The number of rotatable bonds is 4. The van der Waals surface area contributed by atoms with E-state index in [9.17, 15) is 27.9 Å². The third-order valence-corrected chi connectivity index (χ3v) is 3.78. The summed E-state index contributed by atoms with van der Waals surface area (Å²) in [7, 11) is 0.608. The first-order valence-corrected chi connectivity index (χ1v) is 6.92. The molecule has 128 valence electrons. The zero-order valence-electron chi connectivity index (χ0n) is 11.2. The molecule has 0 aliphatic carbocycles.